The summed E-state index contributed by atoms with van der Waals surface area (Å²) in [4.78, 5) is 25.1. The maximum Gasteiger partial charge on any atom is 0.305 e. The van der Waals surface area contributed by atoms with E-state index >= 15 is 0 Å². The molecule has 1 aliphatic rings. The van der Waals surface area contributed by atoms with Crippen molar-refractivity contribution >= 4 is 11.9 Å². The summed E-state index contributed by atoms with van der Waals surface area (Å²) in [6.45, 7) is 4.07. The first-order valence-electron chi connectivity index (χ1n) is 36.3. The van der Waals surface area contributed by atoms with Gasteiger partial charge >= 0.3 is 5.97 Å². The van der Waals surface area contributed by atoms with Gasteiger partial charge in [-0.3, -0.25) is 9.59 Å². The highest BCUT2D eigenvalue weighted by Crippen LogP contribution is 2.23. The van der Waals surface area contributed by atoms with Crippen LogP contribution in [0.1, 0.15) is 322 Å². The third-order valence-corrected chi connectivity index (χ3v) is 16.8. The van der Waals surface area contributed by atoms with Gasteiger partial charge in [0.25, 0.3) is 0 Å². The molecule has 0 bridgehead atoms. The smallest absolute Gasteiger partial charge is 0.305 e. The monoisotopic (exact) mass is 1220 g/mol. The van der Waals surface area contributed by atoms with Gasteiger partial charge in [-0.15, -0.1) is 0 Å². The molecule has 0 aliphatic carbocycles. The Balaban J connectivity index is 1.90. The van der Waals surface area contributed by atoms with Crippen LogP contribution in [0, 0.1) is 0 Å². The predicted molar refractivity (Wildman–Crippen MR) is 366 cm³/mol. The lowest BCUT2D eigenvalue weighted by Gasteiger charge is -2.40. The summed E-state index contributed by atoms with van der Waals surface area (Å²) in [6.07, 6.45) is 79.1. The Morgan fingerprint density at radius 1 is 0.448 bits per heavy atom. The molecule has 1 heterocycles. The molecule has 11 heteroatoms. The van der Waals surface area contributed by atoms with E-state index in [4.69, 9.17) is 14.2 Å². The van der Waals surface area contributed by atoms with E-state index in [1.807, 2.05) is 19.1 Å². The fourth-order valence-electron chi connectivity index (χ4n) is 11.1. The van der Waals surface area contributed by atoms with E-state index in [0.717, 1.165) is 77.0 Å². The number of amides is 1. The van der Waals surface area contributed by atoms with E-state index in [0.29, 0.717) is 19.4 Å². The lowest BCUT2D eigenvalue weighted by atomic mass is 9.99. The average Bonchev–Trinajstić information content (AvgIpc) is 3.48. The number of carbonyl (C=O) groups is 2. The number of esters is 1. The molecule has 0 aromatic rings. The van der Waals surface area contributed by atoms with Crippen LogP contribution in [0.5, 0.6) is 0 Å². The van der Waals surface area contributed by atoms with Gasteiger partial charge in [-0.25, -0.2) is 0 Å². The zero-order valence-corrected chi connectivity index (χ0v) is 56.0. The van der Waals surface area contributed by atoms with E-state index in [1.165, 1.54) is 218 Å². The summed E-state index contributed by atoms with van der Waals surface area (Å²) >= 11 is 0. The first-order chi connectivity index (χ1) is 42.7. The fourth-order valence-corrected chi connectivity index (χ4v) is 11.1. The minimum absolute atomic E-state index is 0.00187. The second-order valence-electron chi connectivity index (χ2n) is 24.9. The summed E-state index contributed by atoms with van der Waals surface area (Å²) < 4.78 is 16.7. The van der Waals surface area contributed by atoms with E-state index in [9.17, 15) is 35.1 Å². The van der Waals surface area contributed by atoms with Crippen molar-refractivity contribution in [2.75, 3.05) is 19.8 Å². The van der Waals surface area contributed by atoms with Crippen molar-refractivity contribution in [3.05, 3.63) is 85.1 Å². The number of rotatable bonds is 63. The zero-order valence-electron chi connectivity index (χ0n) is 56.0. The second-order valence-corrected chi connectivity index (χ2v) is 24.9. The van der Waals surface area contributed by atoms with E-state index in [2.05, 4.69) is 79.1 Å². The van der Waals surface area contributed by atoms with Crippen LogP contribution in [0.4, 0.5) is 0 Å². The van der Waals surface area contributed by atoms with Gasteiger partial charge in [-0.05, 0) is 116 Å². The molecule has 0 aromatic heterocycles. The summed E-state index contributed by atoms with van der Waals surface area (Å²) in [5, 5.41) is 54.2. The van der Waals surface area contributed by atoms with Crippen LogP contribution in [-0.4, -0.2) is 100 Å². The molecular formula is C76H135NO10. The number of unbranched alkanes of at least 4 members (excludes halogenated alkanes) is 38. The maximum atomic E-state index is 13.0. The molecule has 1 saturated heterocycles. The normalized spacial score (nSPS) is 18.4. The zero-order chi connectivity index (χ0) is 63.0. The molecule has 1 amide bonds. The number of hydrogen-bond donors (Lipinski definition) is 6. The van der Waals surface area contributed by atoms with E-state index in [-0.39, 0.29) is 18.5 Å². The van der Waals surface area contributed by atoms with Crippen molar-refractivity contribution < 1.29 is 49.3 Å². The van der Waals surface area contributed by atoms with Crippen molar-refractivity contribution in [2.24, 2.45) is 0 Å². The Morgan fingerprint density at radius 3 is 1.26 bits per heavy atom. The Bertz CT molecular complexity index is 1720. The van der Waals surface area contributed by atoms with Crippen LogP contribution >= 0.6 is 0 Å². The lowest BCUT2D eigenvalue weighted by molar-refractivity contribution is -0.302. The van der Waals surface area contributed by atoms with Gasteiger partial charge < -0.3 is 45.1 Å². The van der Waals surface area contributed by atoms with Crippen molar-refractivity contribution in [2.45, 2.75) is 365 Å². The van der Waals surface area contributed by atoms with Crippen molar-refractivity contribution in [1.82, 2.24) is 5.32 Å². The Hall–Kier alpha value is -3.16. The number of ether oxygens (including phenoxy) is 3. The van der Waals surface area contributed by atoms with Gasteiger partial charge in [0, 0.05) is 12.8 Å². The molecule has 7 atom stereocenters. The molecule has 0 spiro atoms. The summed E-state index contributed by atoms with van der Waals surface area (Å²) in [5.74, 6) is -0.200. The van der Waals surface area contributed by atoms with Crippen LogP contribution in [0.25, 0.3) is 0 Å². The lowest BCUT2D eigenvalue weighted by Crippen LogP contribution is -2.60. The third kappa shape index (κ3) is 53.2. The summed E-state index contributed by atoms with van der Waals surface area (Å²) in [5.41, 5.74) is 0. The molecule has 1 fully saturated rings. The molecule has 0 aromatic carbocycles. The van der Waals surface area contributed by atoms with E-state index in [1.54, 1.807) is 6.08 Å². The second kappa shape index (κ2) is 64.4. The first kappa shape index (κ1) is 81.9. The van der Waals surface area contributed by atoms with Gasteiger partial charge in [0.2, 0.25) is 5.91 Å². The average molecular weight is 1220 g/mol. The Labute approximate surface area is 533 Å². The van der Waals surface area contributed by atoms with Crippen molar-refractivity contribution in [3.8, 4) is 0 Å². The summed E-state index contributed by atoms with van der Waals surface area (Å²) in [7, 11) is 0. The number of nitrogens with one attached hydrogen (secondary N) is 1. The number of carbonyl (C=O) groups excluding carboxylic acids is 2. The topological polar surface area (TPSA) is 175 Å². The van der Waals surface area contributed by atoms with Crippen molar-refractivity contribution in [3.63, 3.8) is 0 Å². The highest BCUT2D eigenvalue weighted by atomic mass is 16.7. The number of aliphatic hydroxyl groups is 5. The number of aliphatic hydroxyl groups excluding tert-OH is 5. The maximum absolute atomic E-state index is 13.0. The van der Waals surface area contributed by atoms with Crippen LogP contribution in [0.15, 0.2) is 85.1 Å². The Kier molecular flexibility index (Phi) is 60.6. The largest absolute Gasteiger partial charge is 0.466 e. The number of allylic oxidation sites excluding steroid dienone is 13. The molecule has 6 N–H and O–H groups in total. The molecule has 0 saturated carbocycles. The van der Waals surface area contributed by atoms with Crippen LogP contribution in [0.2, 0.25) is 0 Å². The van der Waals surface area contributed by atoms with Crippen molar-refractivity contribution in [1.29, 1.82) is 0 Å². The third-order valence-electron chi connectivity index (χ3n) is 16.8. The quantitative estimate of drug-likeness (QED) is 0.0195. The van der Waals surface area contributed by atoms with Gasteiger partial charge in [0.05, 0.1) is 32.0 Å². The molecule has 11 nitrogen and oxygen atoms in total. The molecule has 87 heavy (non-hydrogen) atoms. The van der Waals surface area contributed by atoms with E-state index < -0.39 is 49.5 Å². The van der Waals surface area contributed by atoms with Crippen LogP contribution in [-0.2, 0) is 23.8 Å². The van der Waals surface area contributed by atoms with Crippen LogP contribution in [0.3, 0.4) is 0 Å². The number of hydrogen-bond acceptors (Lipinski definition) is 10. The molecule has 504 valence electrons. The Morgan fingerprint density at radius 2 is 0.828 bits per heavy atom. The van der Waals surface area contributed by atoms with Gasteiger partial charge in [-0.2, -0.15) is 0 Å². The predicted octanol–water partition coefficient (Wildman–Crippen LogP) is 18.8. The minimum atomic E-state index is -1.58. The highest BCUT2D eigenvalue weighted by molar-refractivity contribution is 5.76. The standard InChI is InChI=1S/C76H135NO10/c1-3-5-7-9-11-13-14-15-16-34-38-41-44-48-52-56-60-64-72(81)85-65-61-57-53-49-45-42-39-36-33-31-29-27-25-23-21-19-17-18-20-22-24-26-28-30-32-35-37-40-43-47-51-55-59-63-71(80)77-68(69(79)62-58-54-50-46-12-10-8-6-4-2)67-86-76-75(84)74(83)73(82)70(66-78)87-76/h4,6,11-13,15-16,21,23,27,29,46,58,62,68-70,73-76,78-79,82-84H,3,5,7-10,14,17-20,22,24-26,28,30-45,47-57,59-61,63-67H2,1-2H3,(H,77,80)/b6-4+,13-11-,16-15-,23-21-,29-27-,46-12+,62-58+. The van der Waals surface area contributed by atoms with Gasteiger partial charge in [0.15, 0.2) is 6.29 Å². The summed E-state index contributed by atoms with van der Waals surface area (Å²) in [6, 6.07) is -0.834. The molecule has 1 rings (SSSR count). The fraction of sp³-hybridized carbons (Fsp3) is 0.789. The van der Waals surface area contributed by atoms with Crippen LogP contribution < -0.4 is 5.32 Å². The molecule has 1 aliphatic heterocycles. The molecule has 0 radical (unpaired) electrons. The van der Waals surface area contributed by atoms with Gasteiger partial charge in [-0.1, -0.05) is 278 Å². The highest BCUT2D eigenvalue weighted by Gasteiger charge is 2.44. The SMILES string of the molecule is C/C=C/CC/C=C/CC/C=C/C(O)C(COC1OC(CO)C(O)C(O)C1O)NC(=O)CCCCCCCCCCCCCCCCCCC/C=C\C/C=C\CCCCCCCCCCCOC(=O)CCCCCCCCC/C=C\C/C=C\CCCCC. The minimum Gasteiger partial charge on any atom is -0.466 e. The first-order valence-corrected chi connectivity index (χ1v) is 36.3. The molecule has 7 unspecified atom stereocenters. The van der Waals surface area contributed by atoms with Gasteiger partial charge in [0.1, 0.15) is 24.4 Å². The molecular weight excluding hydrogens is 1090 g/mol.